The van der Waals surface area contributed by atoms with Gasteiger partial charge >= 0.3 is 0 Å². The van der Waals surface area contributed by atoms with Gasteiger partial charge in [-0.25, -0.2) is 9.37 Å². The van der Waals surface area contributed by atoms with Crippen molar-refractivity contribution in [2.45, 2.75) is 51.0 Å². The first kappa shape index (κ1) is 23.5. The Morgan fingerprint density at radius 2 is 1.97 bits per heavy atom. The Hall–Kier alpha value is -3.19. The number of aliphatic hydroxyl groups excluding tert-OH is 1. The van der Waals surface area contributed by atoms with Crippen molar-refractivity contribution in [2.24, 2.45) is 5.41 Å². The molecule has 7 heteroatoms. The van der Waals surface area contributed by atoms with E-state index in [1.807, 2.05) is 28.7 Å². The molecule has 3 aromatic rings. The molecule has 2 heterocycles. The molecule has 2 unspecified atom stereocenters. The summed E-state index contributed by atoms with van der Waals surface area (Å²) in [5, 5.41) is 10.2. The zero-order valence-corrected chi connectivity index (χ0v) is 20.3. The topological polar surface area (TPSA) is 67.6 Å². The second-order valence-electron chi connectivity index (χ2n) is 9.81. The Kier molecular flexibility index (Phi) is 6.36. The molecule has 0 bridgehead atoms. The van der Waals surface area contributed by atoms with Gasteiger partial charge in [-0.2, -0.15) is 0 Å². The third kappa shape index (κ3) is 4.12. The zero-order valence-electron chi connectivity index (χ0n) is 20.3. The van der Waals surface area contributed by atoms with Gasteiger partial charge < -0.3 is 19.3 Å². The van der Waals surface area contributed by atoms with Crippen molar-refractivity contribution in [3.05, 3.63) is 77.6 Å². The minimum atomic E-state index is -0.496. The maximum absolute atomic E-state index is 14.1. The molecule has 5 rings (SSSR count). The number of carbonyl (C=O) groups excluding carboxylic acids is 1. The number of aryl methyl sites for hydroxylation is 1. The number of likely N-dealkylation sites (tertiary alicyclic amines) is 1. The summed E-state index contributed by atoms with van der Waals surface area (Å²) in [7, 11) is 1.67. The average Bonchev–Trinajstić information content (AvgIpc) is 3.50. The molecule has 0 radical (unpaired) electrons. The lowest BCUT2D eigenvalue weighted by Crippen LogP contribution is -2.51. The smallest absolute Gasteiger partial charge is 0.230 e. The van der Waals surface area contributed by atoms with Gasteiger partial charge in [-0.15, -0.1) is 0 Å². The van der Waals surface area contributed by atoms with Crippen molar-refractivity contribution in [1.82, 2.24) is 14.5 Å². The van der Waals surface area contributed by atoms with Crippen molar-refractivity contribution in [3.63, 3.8) is 0 Å². The van der Waals surface area contributed by atoms with Gasteiger partial charge in [0, 0.05) is 12.7 Å². The maximum atomic E-state index is 14.1. The predicted octanol–water partition coefficient (Wildman–Crippen LogP) is 4.94. The van der Waals surface area contributed by atoms with Crippen molar-refractivity contribution in [1.29, 1.82) is 0 Å². The lowest BCUT2D eigenvalue weighted by atomic mass is 9.68. The fraction of sp³-hybridized carbons (Fsp3) is 0.429. The first-order chi connectivity index (χ1) is 17.0. The van der Waals surface area contributed by atoms with E-state index in [-0.39, 0.29) is 24.2 Å². The van der Waals surface area contributed by atoms with E-state index in [1.165, 1.54) is 12.1 Å². The molecule has 1 N–H and O–H groups in total. The van der Waals surface area contributed by atoms with Crippen LogP contribution in [0.15, 0.2) is 55.0 Å². The van der Waals surface area contributed by atoms with Crippen molar-refractivity contribution in [2.75, 3.05) is 20.3 Å². The number of hydrogen-bond donors (Lipinski definition) is 1. The van der Waals surface area contributed by atoms with Gasteiger partial charge in [0.25, 0.3) is 0 Å². The lowest BCUT2D eigenvalue weighted by Gasteiger charge is -2.46. The number of benzene rings is 2. The van der Waals surface area contributed by atoms with Gasteiger partial charge in [0.05, 0.1) is 42.9 Å². The number of halogens is 1. The summed E-state index contributed by atoms with van der Waals surface area (Å²) in [6, 6.07) is 11.9. The number of carbonyl (C=O) groups is 1. The van der Waals surface area contributed by atoms with E-state index in [0.29, 0.717) is 6.54 Å². The number of ether oxygens (including phenoxy) is 1. The second-order valence-corrected chi connectivity index (χ2v) is 9.81. The Bertz CT molecular complexity index is 1210. The molecule has 2 aromatic carbocycles. The van der Waals surface area contributed by atoms with Gasteiger partial charge in [0.1, 0.15) is 11.6 Å². The summed E-state index contributed by atoms with van der Waals surface area (Å²) in [4.78, 5) is 20.3. The van der Waals surface area contributed by atoms with Gasteiger partial charge in [-0.3, -0.25) is 4.79 Å². The standard InChI is InChI=1S/C28H32FN3O3/c1-19-16-31(18-30-19)24-11-8-21(15-26(24)35-2)23-5-3-12-28(23)13-4-14-32(27(28)34)25(17-33)20-6-9-22(29)10-7-20/h6-11,15-16,18,23,25,33H,3-5,12-14,17H2,1-2H3/t23?,25-,28?/m0/s1. The molecule has 3 atom stereocenters. The SMILES string of the molecule is COc1cc(C2CCCC23CCCN([C@@H](CO)c2ccc(F)cc2)C3=O)ccc1-n1cnc(C)c1. The molecule has 184 valence electrons. The molecule has 2 fully saturated rings. The number of amides is 1. The fourth-order valence-corrected chi connectivity index (χ4v) is 6.22. The highest BCUT2D eigenvalue weighted by molar-refractivity contribution is 5.85. The number of rotatable bonds is 6. The number of aliphatic hydroxyl groups is 1. The monoisotopic (exact) mass is 477 g/mol. The third-order valence-electron chi connectivity index (χ3n) is 7.89. The highest BCUT2D eigenvalue weighted by Gasteiger charge is 2.53. The largest absolute Gasteiger partial charge is 0.495 e. The van der Waals surface area contributed by atoms with Crippen molar-refractivity contribution >= 4 is 5.91 Å². The van der Waals surface area contributed by atoms with Gasteiger partial charge in [-0.05, 0) is 73.9 Å². The number of methoxy groups -OCH3 is 1. The molecule has 35 heavy (non-hydrogen) atoms. The summed E-state index contributed by atoms with van der Waals surface area (Å²) < 4.78 is 21.2. The lowest BCUT2D eigenvalue weighted by molar-refractivity contribution is -0.151. The predicted molar refractivity (Wildman–Crippen MR) is 131 cm³/mol. The molecule has 1 saturated heterocycles. The molecule has 1 aliphatic heterocycles. The third-order valence-corrected chi connectivity index (χ3v) is 7.89. The minimum Gasteiger partial charge on any atom is -0.495 e. The summed E-state index contributed by atoms with van der Waals surface area (Å²) in [5.74, 6) is 0.605. The van der Waals surface area contributed by atoms with Crippen LogP contribution in [0.5, 0.6) is 5.75 Å². The Morgan fingerprint density at radius 3 is 2.66 bits per heavy atom. The zero-order chi connectivity index (χ0) is 24.6. The Morgan fingerprint density at radius 1 is 1.20 bits per heavy atom. The molecule has 2 aliphatic rings. The molecular formula is C28H32FN3O3. The first-order valence-electron chi connectivity index (χ1n) is 12.3. The van der Waals surface area contributed by atoms with Gasteiger partial charge in [-0.1, -0.05) is 24.6 Å². The molecule has 1 saturated carbocycles. The summed E-state index contributed by atoms with van der Waals surface area (Å²) in [6.07, 6.45) is 8.20. The molecule has 1 amide bonds. The van der Waals surface area contributed by atoms with Gasteiger partial charge in [0.15, 0.2) is 0 Å². The van der Waals surface area contributed by atoms with E-state index in [9.17, 15) is 14.3 Å². The molecule has 1 spiro atoms. The normalized spacial score (nSPS) is 23.1. The van der Waals surface area contributed by atoms with Gasteiger partial charge in [0.2, 0.25) is 5.91 Å². The minimum absolute atomic E-state index is 0.0813. The summed E-state index contributed by atoms with van der Waals surface area (Å²) in [5.41, 5.74) is 3.22. The summed E-state index contributed by atoms with van der Waals surface area (Å²) in [6.45, 7) is 2.36. The molecule has 1 aliphatic carbocycles. The van der Waals surface area contributed by atoms with E-state index < -0.39 is 11.5 Å². The van der Waals surface area contributed by atoms with Crippen LogP contribution in [0.25, 0.3) is 5.69 Å². The average molecular weight is 478 g/mol. The fourth-order valence-electron chi connectivity index (χ4n) is 6.22. The van der Waals surface area contributed by atoms with Crippen LogP contribution >= 0.6 is 0 Å². The van der Waals surface area contributed by atoms with Crippen LogP contribution in [-0.2, 0) is 4.79 Å². The number of hydrogen-bond acceptors (Lipinski definition) is 4. The Labute approximate surface area is 205 Å². The molecule has 1 aromatic heterocycles. The van der Waals surface area contributed by atoms with Crippen LogP contribution in [0, 0.1) is 18.2 Å². The van der Waals surface area contributed by atoms with E-state index in [2.05, 4.69) is 17.1 Å². The quantitative estimate of drug-likeness (QED) is 0.546. The van der Waals surface area contributed by atoms with E-state index >= 15 is 0 Å². The molecule has 6 nitrogen and oxygen atoms in total. The number of imidazole rings is 1. The van der Waals surface area contributed by atoms with E-state index in [4.69, 9.17) is 4.74 Å². The van der Waals surface area contributed by atoms with Crippen LogP contribution in [-0.4, -0.2) is 45.7 Å². The Balaban J connectivity index is 1.47. The second kappa shape index (κ2) is 9.46. The summed E-state index contributed by atoms with van der Waals surface area (Å²) >= 11 is 0. The first-order valence-corrected chi connectivity index (χ1v) is 12.3. The molecular weight excluding hydrogens is 445 g/mol. The maximum Gasteiger partial charge on any atom is 0.230 e. The van der Waals surface area contributed by atoms with E-state index in [1.54, 1.807) is 25.6 Å². The highest BCUT2D eigenvalue weighted by atomic mass is 19.1. The number of nitrogens with zero attached hydrogens (tertiary/aromatic N) is 3. The number of piperidine rings is 1. The van der Waals surface area contributed by atoms with E-state index in [0.717, 1.165) is 60.4 Å². The van der Waals surface area contributed by atoms with Crippen molar-refractivity contribution < 1.29 is 19.0 Å². The number of aromatic nitrogens is 2. The van der Waals surface area contributed by atoms with Crippen molar-refractivity contribution in [3.8, 4) is 11.4 Å². The van der Waals surface area contributed by atoms with Crippen LogP contribution in [0.4, 0.5) is 4.39 Å². The highest BCUT2D eigenvalue weighted by Crippen LogP contribution is 2.56. The van der Waals surface area contributed by atoms with Crippen LogP contribution in [0.2, 0.25) is 0 Å². The van der Waals surface area contributed by atoms with Crippen LogP contribution in [0.3, 0.4) is 0 Å². The van der Waals surface area contributed by atoms with Crippen LogP contribution in [0.1, 0.15) is 60.9 Å². The van der Waals surface area contributed by atoms with Crippen LogP contribution < -0.4 is 4.74 Å².